The van der Waals surface area contributed by atoms with Gasteiger partial charge in [-0.25, -0.2) is 8.42 Å². The number of ether oxygens (including phenoxy) is 2. The first-order valence-electron chi connectivity index (χ1n) is 9.91. The van der Waals surface area contributed by atoms with Gasteiger partial charge in [0.25, 0.3) is 15.9 Å². The van der Waals surface area contributed by atoms with Gasteiger partial charge in [-0.1, -0.05) is 18.0 Å². The monoisotopic (exact) mass is 454 g/mol. The minimum absolute atomic E-state index is 0.0639. The van der Waals surface area contributed by atoms with E-state index in [1.807, 2.05) is 0 Å². The highest BCUT2D eigenvalue weighted by Crippen LogP contribution is 2.38. The Hall–Kier alpha value is -2.23. The van der Waals surface area contributed by atoms with Crippen LogP contribution in [0.25, 0.3) is 0 Å². The number of furan rings is 1. The Morgan fingerprint density at radius 1 is 1.07 bits per heavy atom. The molecule has 1 saturated heterocycles. The number of nitrogens with one attached hydrogen (secondary N) is 1. The summed E-state index contributed by atoms with van der Waals surface area (Å²) in [6, 6.07) is 6.15. The number of halogens is 1. The molecule has 1 amide bonds. The Morgan fingerprint density at radius 3 is 2.63 bits per heavy atom. The number of carbonyl (C=O) groups is 1. The molecule has 1 aromatic heterocycles. The fourth-order valence-corrected chi connectivity index (χ4v) is 5.19. The second kappa shape index (κ2) is 8.87. The van der Waals surface area contributed by atoms with Crippen LogP contribution in [0.4, 0.5) is 0 Å². The van der Waals surface area contributed by atoms with Gasteiger partial charge in [-0.3, -0.25) is 4.79 Å². The maximum Gasteiger partial charge on any atom is 0.287 e. The molecule has 0 saturated carbocycles. The van der Waals surface area contributed by atoms with Gasteiger partial charge < -0.3 is 19.2 Å². The van der Waals surface area contributed by atoms with E-state index in [1.165, 1.54) is 16.4 Å². The average molecular weight is 455 g/mol. The minimum Gasteiger partial charge on any atom is -0.489 e. The van der Waals surface area contributed by atoms with Crippen LogP contribution in [0.1, 0.15) is 41.8 Å². The maximum atomic E-state index is 12.7. The second-order valence-corrected chi connectivity index (χ2v) is 9.50. The van der Waals surface area contributed by atoms with Crippen LogP contribution in [-0.2, 0) is 16.6 Å². The molecule has 0 bridgehead atoms. The number of hydrogen-bond donors (Lipinski definition) is 1. The molecule has 3 heterocycles. The fourth-order valence-electron chi connectivity index (χ4n) is 3.47. The van der Waals surface area contributed by atoms with Crippen LogP contribution in [0.2, 0.25) is 5.02 Å². The normalized spacial score (nSPS) is 17.4. The van der Waals surface area contributed by atoms with E-state index in [9.17, 15) is 13.2 Å². The molecule has 0 aliphatic carbocycles. The SMILES string of the molecule is O=C(NCc1cc(Cl)c2c(c1)OCCCO2)c1ccc(S(=O)(=O)N2CCCCC2)o1. The summed E-state index contributed by atoms with van der Waals surface area (Å²) in [7, 11) is -3.72. The summed E-state index contributed by atoms with van der Waals surface area (Å²) in [6.45, 7) is 2.17. The van der Waals surface area contributed by atoms with Crippen LogP contribution in [0, 0.1) is 0 Å². The third-order valence-corrected chi connectivity index (χ3v) is 7.08. The summed E-state index contributed by atoms with van der Waals surface area (Å²) in [4.78, 5) is 12.5. The summed E-state index contributed by atoms with van der Waals surface area (Å²) in [5.74, 6) is 0.462. The van der Waals surface area contributed by atoms with Crippen molar-refractivity contribution in [2.24, 2.45) is 0 Å². The lowest BCUT2D eigenvalue weighted by Crippen LogP contribution is -2.35. The molecule has 2 aliphatic rings. The highest BCUT2D eigenvalue weighted by Gasteiger charge is 2.29. The molecule has 1 fully saturated rings. The van der Waals surface area contributed by atoms with Crippen molar-refractivity contribution in [3.05, 3.63) is 40.6 Å². The maximum absolute atomic E-state index is 12.7. The molecule has 0 unspecified atom stereocenters. The lowest BCUT2D eigenvalue weighted by atomic mass is 10.2. The number of piperidine rings is 1. The van der Waals surface area contributed by atoms with Crippen molar-refractivity contribution >= 4 is 27.5 Å². The number of rotatable bonds is 5. The first-order valence-corrected chi connectivity index (χ1v) is 11.7. The molecule has 162 valence electrons. The average Bonchev–Trinajstić information content (AvgIpc) is 3.13. The van der Waals surface area contributed by atoms with E-state index in [2.05, 4.69) is 5.32 Å². The van der Waals surface area contributed by atoms with Gasteiger partial charge in [0.15, 0.2) is 17.3 Å². The molecule has 4 rings (SSSR count). The summed E-state index contributed by atoms with van der Waals surface area (Å²) < 4.78 is 43.3. The molecular weight excluding hydrogens is 432 g/mol. The highest BCUT2D eigenvalue weighted by atomic mass is 35.5. The van der Waals surface area contributed by atoms with Gasteiger partial charge in [-0.15, -0.1) is 0 Å². The Labute approximate surface area is 180 Å². The van der Waals surface area contributed by atoms with Crippen molar-refractivity contribution in [2.45, 2.75) is 37.3 Å². The molecule has 8 nitrogen and oxygen atoms in total. The van der Waals surface area contributed by atoms with Crippen molar-refractivity contribution in [3.8, 4) is 11.5 Å². The number of nitrogens with zero attached hydrogens (tertiary/aromatic N) is 1. The van der Waals surface area contributed by atoms with Crippen molar-refractivity contribution in [1.82, 2.24) is 9.62 Å². The Balaban J connectivity index is 1.43. The highest BCUT2D eigenvalue weighted by molar-refractivity contribution is 7.89. The molecule has 0 spiro atoms. The quantitative estimate of drug-likeness (QED) is 0.745. The number of sulfonamides is 1. The van der Waals surface area contributed by atoms with Crippen molar-refractivity contribution in [3.63, 3.8) is 0 Å². The fraction of sp³-hybridized carbons (Fsp3) is 0.450. The zero-order chi connectivity index (χ0) is 21.1. The van der Waals surface area contributed by atoms with Crippen molar-refractivity contribution in [2.75, 3.05) is 26.3 Å². The predicted molar refractivity (Wildman–Crippen MR) is 110 cm³/mol. The van der Waals surface area contributed by atoms with Crippen LogP contribution in [0.3, 0.4) is 0 Å². The van der Waals surface area contributed by atoms with Crippen LogP contribution >= 0.6 is 11.6 Å². The van der Waals surface area contributed by atoms with Crippen molar-refractivity contribution < 1.29 is 27.1 Å². The van der Waals surface area contributed by atoms with Gasteiger partial charge >= 0.3 is 0 Å². The zero-order valence-corrected chi connectivity index (χ0v) is 17.9. The molecule has 0 atom stereocenters. The summed E-state index contributed by atoms with van der Waals surface area (Å²) in [5.41, 5.74) is 0.727. The topological polar surface area (TPSA) is 98.1 Å². The minimum atomic E-state index is -3.72. The summed E-state index contributed by atoms with van der Waals surface area (Å²) in [6.07, 6.45) is 3.43. The zero-order valence-electron chi connectivity index (χ0n) is 16.4. The van der Waals surface area contributed by atoms with E-state index < -0.39 is 15.9 Å². The van der Waals surface area contributed by atoms with E-state index in [0.717, 1.165) is 31.2 Å². The summed E-state index contributed by atoms with van der Waals surface area (Å²) >= 11 is 6.27. The Kier molecular flexibility index (Phi) is 6.21. The lowest BCUT2D eigenvalue weighted by Gasteiger charge is -2.24. The van der Waals surface area contributed by atoms with Crippen LogP contribution in [0.5, 0.6) is 11.5 Å². The second-order valence-electron chi connectivity index (χ2n) is 7.22. The predicted octanol–water partition coefficient (Wildman–Crippen LogP) is 3.20. The summed E-state index contributed by atoms with van der Waals surface area (Å²) in [5, 5.41) is 2.91. The third-order valence-electron chi connectivity index (χ3n) is 5.03. The molecule has 2 aliphatic heterocycles. The molecule has 1 aromatic carbocycles. The van der Waals surface area contributed by atoms with E-state index >= 15 is 0 Å². The number of fused-ring (bicyclic) bond motifs is 1. The molecule has 2 aromatic rings. The smallest absolute Gasteiger partial charge is 0.287 e. The lowest BCUT2D eigenvalue weighted by molar-refractivity contribution is 0.0917. The number of hydrogen-bond acceptors (Lipinski definition) is 6. The van der Waals surface area contributed by atoms with E-state index in [1.54, 1.807) is 12.1 Å². The van der Waals surface area contributed by atoms with E-state index in [-0.39, 0.29) is 17.4 Å². The first kappa shape index (κ1) is 21.0. The van der Waals surface area contributed by atoms with Gasteiger partial charge in [0, 0.05) is 26.1 Å². The van der Waals surface area contributed by atoms with Gasteiger partial charge in [0.2, 0.25) is 5.09 Å². The molecule has 0 radical (unpaired) electrons. The van der Waals surface area contributed by atoms with Crippen LogP contribution in [-0.4, -0.2) is 44.9 Å². The van der Waals surface area contributed by atoms with Gasteiger partial charge in [0.05, 0.1) is 18.2 Å². The van der Waals surface area contributed by atoms with Gasteiger partial charge in [-0.2, -0.15) is 4.31 Å². The van der Waals surface area contributed by atoms with Gasteiger partial charge in [0.1, 0.15) is 0 Å². The van der Waals surface area contributed by atoms with Gasteiger partial charge in [-0.05, 0) is 42.7 Å². The molecule has 30 heavy (non-hydrogen) atoms. The molecule has 10 heteroatoms. The van der Waals surface area contributed by atoms with Crippen molar-refractivity contribution in [1.29, 1.82) is 0 Å². The van der Waals surface area contributed by atoms with E-state index in [0.29, 0.717) is 42.8 Å². The Bertz CT molecular complexity index is 1030. The molecular formula is C20H23ClN2O6S. The third kappa shape index (κ3) is 4.43. The largest absolute Gasteiger partial charge is 0.489 e. The number of amides is 1. The van der Waals surface area contributed by atoms with Crippen LogP contribution < -0.4 is 14.8 Å². The van der Waals surface area contributed by atoms with Crippen LogP contribution in [0.15, 0.2) is 33.8 Å². The van der Waals surface area contributed by atoms with E-state index in [4.69, 9.17) is 25.5 Å². The number of benzene rings is 1. The molecule has 1 N–H and O–H groups in total. The Morgan fingerprint density at radius 2 is 1.83 bits per heavy atom. The number of carbonyl (C=O) groups excluding carboxylic acids is 1. The standard InChI is InChI=1S/C20H23ClN2O6S/c21-15-11-14(12-17-19(15)28-10-4-9-27-17)13-22-20(24)16-5-6-18(29-16)30(25,26)23-7-2-1-3-8-23/h5-6,11-12H,1-4,7-10,13H2,(H,22,24). The first-order chi connectivity index (χ1) is 14.4.